The van der Waals surface area contributed by atoms with Crippen molar-refractivity contribution in [3.63, 3.8) is 0 Å². The van der Waals surface area contributed by atoms with E-state index in [1.807, 2.05) is 0 Å². The van der Waals surface area contributed by atoms with Crippen molar-refractivity contribution in [2.24, 2.45) is 11.3 Å². The fourth-order valence-electron chi connectivity index (χ4n) is 1.37. The summed E-state index contributed by atoms with van der Waals surface area (Å²) in [5.41, 5.74) is 0. The van der Waals surface area contributed by atoms with E-state index in [0.29, 0.717) is 11.7 Å². The van der Waals surface area contributed by atoms with Crippen LogP contribution < -0.4 is 0 Å². The van der Waals surface area contributed by atoms with Gasteiger partial charge in [-0.1, -0.05) is 19.4 Å². The molecular weight excluding hydrogens is 130 g/mol. The summed E-state index contributed by atoms with van der Waals surface area (Å²) in [4.78, 5) is 14.0. The van der Waals surface area contributed by atoms with Crippen molar-refractivity contribution in [1.29, 1.82) is 0 Å². The van der Waals surface area contributed by atoms with Crippen LogP contribution in [0.1, 0.15) is 25.7 Å². The monoisotopic (exact) mass is 141 g/mol. The minimum Gasteiger partial charge on any atom is -0.329 e. The zero-order valence-corrected chi connectivity index (χ0v) is 5.88. The van der Waals surface area contributed by atoms with E-state index in [-0.39, 0.29) is 0 Å². The van der Waals surface area contributed by atoms with Gasteiger partial charge in [0, 0.05) is 5.92 Å². The smallest absolute Gasteiger partial charge is 0.160 e. The maximum absolute atomic E-state index is 9.64. The average Bonchev–Trinajstić information content (AvgIpc) is 2.38. The van der Waals surface area contributed by atoms with Crippen molar-refractivity contribution < 1.29 is 4.84 Å². The Morgan fingerprint density at radius 3 is 2.60 bits per heavy atom. The highest BCUT2D eigenvalue weighted by molar-refractivity contribution is 4.93. The molecule has 0 aliphatic heterocycles. The van der Waals surface area contributed by atoms with E-state index in [1.54, 1.807) is 0 Å². The Morgan fingerprint density at radius 2 is 2.10 bits per heavy atom. The third-order valence-corrected chi connectivity index (χ3v) is 1.97. The lowest BCUT2D eigenvalue weighted by molar-refractivity contribution is 0.186. The Hall–Kier alpha value is -0.860. The largest absolute Gasteiger partial charge is 0.329 e. The van der Waals surface area contributed by atoms with Gasteiger partial charge in [-0.3, -0.25) is 0 Å². The Morgan fingerprint density at radius 1 is 1.50 bits per heavy atom. The molecular formula is C7H11NO2. The van der Waals surface area contributed by atoms with Gasteiger partial charge in [-0.25, -0.2) is 0 Å². The first-order valence-corrected chi connectivity index (χ1v) is 3.53. The van der Waals surface area contributed by atoms with Gasteiger partial charge in [0.2, 0.25) is 0 Å². The molecule has 1 aliphatic rings. The van der Waals surface area contributed by atoms with Gasteiger partial charge in [0.1, 0.15) is 5.76 Å². The molecule has 0 heterocycles. The van der Waals surface area contributed by atoms with E-state index in [1.165, 1.54) is 12.8 Å². The summed E-state index contributed by atoms with van der Waals surface area (Å²) in [6.45, 7) is 3.61. The van der Waals surface area contributed by atoms with Crippen LogP contribution in [-0.2, 0) is 4.84 Å². The SMILES string of the molecule is C=C(ON=O)C1CCCC1. The molecule has 1 fully saturated rings. The molecule has 0 radical (unpaired) electrons. The standard InChI is InChI=1S/C7H11NO2/c1-6(10-8-9)7-4-2-3-5-7/h7H,1-5H2. The number of nitrogens with zero attached hydrogens (tertiary/aromatic N) is 1. The predicted molar refractivity (Wildman–Crippen MR) is 38.0 cm³/mol. The van der Waals surface area contributed by atoms with Crippen molar-refractivity contribution >= 4 is 0 Å². The Bertz CT molecular complexity index is 139. The van der Waals surface area contributed by atoms with Gasteiger partial charge >= 0.3 is 0 Å². The molecule has 0 aromatic heterocycles. The van der Waals surface area contributed by atoms with E-state index >= 15 is 0 Å². The zero-order chi connectivity index (χ0) is 7.40. The van der Waals surface area contributed by atoms with Crippen LogP contribution in [0.4, 0.5) is 0 Å². The first-order valence-electron chi connectivity index (χ1n) is 3.53. The van der Waals surface area contributed by atoms with Crippen LogP contribution in [0.2, 0.25) is 0 Å². The van der Waals surface area contributed by atoms with E-state index in [9.17, 15) is 4.91 Å². The molecule has 0 amide bonds. The number of rotatable bonds is 3. The second-order valence-electron chi connectivity index (χ2n) is 2.61. The van der Waals surface area contributed by atoms with Crippen molar-refractivity contribution in [2.45, 2.75) is 25.7 Å². The number of allylic oxidation sites excluding steroid dienone is 1. The van der Waals surface area contributed by atoms with Crippen molar-refractivity contribution in [3.05, 3.63) is 17.2 Å². The average molecular weight is 141 g/mol. The lowest BCUT2D eigenvalue weighted by Crippen LogP contribution is -1.97. The molecule has 3 heteroatoms. The second kappa shape index (κ2) is 3.34. The molecule has 0 bridgehead atoms. The molecule has 1 rings (SSSR count). The first kappa shape index (κ1) is 7.25. The molecule has 0 spiro atoms. The lowest BCUT2D eigenvalue weighted by atomic mass is 10.1. The van der Waals surface area contributed by atoms with Gasteiger partial charge in [0.25, 0.3) is 0 Å². The highest BCUT2D eigenvalue weighted by Crippen LogP contribution is 2.30. The summed E-state index contributed by atoms with van der Waals surface area (Å²) in [6.07, 6.45) is 4.61. The van der Waals surface area contributed by atoms with Crippen molar-refractivity contribution in [3.8, 4) is 0 Å². The van der Waals surface area contributed by atoms with Crippen LogP contribution in [0, 0.1) is 10.8 Å². The summed E-state index contributed by atoms with van der Waals surface area (Å²) in [6, 6.07) is 0. The van der Waals surface area contributed by atoms with Gasteiger partial charge in [0.05, 0.1) is 0 Å². The minimum atomic E-state index is 0.373. The van der Waals surface area contributed by atoms with Crippen molar-refractivity contribution in [1.82, 2.24) is 0 Å². The summed E-state index contributed by atoms with van der Waals surface area (Å²) in [7, 11) is 0. The molecule has 1 saturated carbocycles. The number of hydrogen-bond donors (Lipinski definition) is 0. The zero-order valence-electron chi connectivity index (χ0n) is 5.88. The number of hydrogen-bond acceptors (Lipinski definition) is 3. The van der Waals surface area contributed by atoms with Gasteiger partial charge in [0.15, 0.2) is 5.34 Å². The molecule has 3 nitrogen and oxygen atoms in total. The van der Waals surface area contributed by atoms with E-state index < -0.39 is 0 Å². The molecule has 0 unspecified atom stereocenters. The minimum absolute atomic E-state index is 0.373. The molecule has 0 saturated heterocycles. The maximum atomic E-state index is 9.64. The quantitative estimate of drug-likeness (QED) is 0.344. The van der Waals surface area contributed by atoms with Gasteiger partial charge < -0.3 is 4.84 Å². The fourth-order valence-corrected chi connectivity index (χ4v) is 1.37. The molecule has 56 valence electrons. The van der Waals surface area contributed by atoms with Gasteiger partial charge in [-0.15, -0.1) is 4.91 Å². The van der Waals surface area contributed by atoms with Crippen LogP contribution >= 0.6 is 0 Å². The second-order valence-corrected chi connectivity index (χ2v) is 2.61. The van der Waals surface area contributed by atoms with Crippen LogP contribution in [0.3, 0.4) is 0 Å². The Balaban J connectivity index is 2.32. The molecule has 10 heavy (non-hydrogen) atoms. The lowest BCUT2D eigenvalue weighted by Gasteiger charge is -2.06. The van der Waals surface area contributed by atoms with Crippen molar-refractivity contribution in [2.75, 3.05) is 0 Å². The van der Waals surface area contributed by atoms with Crippen LogP contribution in [0.15, 0.2) is 17.7 Å². The van der Waals surface area contributed by atoms with Crippen LogP contribution in [0.25, 0.3) is 0 Å². The normalized spacial score (nSPS) is 18.8. The van der Waals surface area contributed by atoms with E-state index in [2.05, 4.69) is 16.8 Å². The fraction of sp³-hybridized carbons (Fsp3) is 0.714. The van der Waals surface area contributed by atoms with Crippen LogP contribution in [-0.4, -0.2) is 0 Å². The molecule has 0 atom stereocenters. The summed E-state index contributed by atoms with van der Waals surface area (Å²) in [5, 5.41) is 2.33. The predicted octanol–water partition coefficient (Wildman–Crippen LogP) is 2.39. The molecule has 1 aliphatic carbocycles. The van der Waals surface area contributed by atoms with Crippen LogP contribution in [0.5, 0.6) is 0 Å². The molecule has 0 aromatic carbocycles. The molecule has 0 N–H and O–H groups in total. The topological polar surface area (TPSA) is 38.7 Å². The Labute approximate surface area is 60.0 Å². The maximum Gasteiger partial charge on any atom is 0.160 e. The highest BCUT2D eigenvalue weighted by Gasteiger charge is 2.19. The summed E-state index contributed by atoms with van der Waals surface area (Å²) < 4.78 is 0. The molecule has 0 aromatic rings. The van der Waals surface area contributed by atoms with Gasteiger partial charge in [-0.05, 0) is 12.8 Å². The highest BCUT2D eigenvalue weighted by atomic mass is 16.7. The summed E-state index contributed by atoms with van der Waals surface area (Å²) in [5.74, 6) is 0.908. The third-order valence-electron chi connectivity index (χ3n) is 1.97. The Kier molecular flexibility index (Phi) is 2.42. The third kappa shape index (κ3) is 1.56. The first-order chi connectivity index (χ1) is 4.84. The van der Waals surface area contributed by atoms with Gasteiger partial charge in [-0.2, -0.15) is 0 Å². The van der Waals surface area contributed by atoms with E-state index in [0.717, 1.165) is 12.8 Å². The van der Waals surface area contributed by atoms with E-state index in [4.69, 9.17) is 0 Å². The summed E-state index contributed by atoms with van der Waals surface area (Å²) >= 11 is 0.